The van der Waals surface area contributed by atoms with E-state index in [1.807, 2.05) is 12.1 Å². The summed E-state index contributed by atoms with van der Waals surface area (Å²) in [6.45, 7) is 2.18. The van der Waals surface area contributed by atoms with E-state index in [-0.39, 0.29) is 24.3 Å². The Morgan fingerprint density at radius 2 is 1.42 bits per heavy atom. The van der Waals surface area contributed by atoms with Gasteiger partial charge in [-0.25, -0.2) is 0 Å². The number of aromatic hydroxyl groups is 1. The topological polar surface area (TPSA) is 69.6 Å². The predicted octanol–water partition coefficient (Wildman–Crippen LogP) is 6.45. The highest BCUT2D eigenvalue weighted by Gasteiger charge is 2.12. The van der Waals surface area contributed by atoms with Crippen LogP contribution in [0.4, 0.5) is 0 Å². The van der Waals surface area contributed by atoms with E-state index in [9.17, 15) is 15.0 Å². The highest BCUT2D eigenvalue weighted by atomic mass is 16.3. The van der Waals surface area contributed by atoms with E-state index in [0.717, 1.165) is 18.4 Å². The number of amides is 1. The summed E-state index contributed by atoms with van der Waals surface area (Å²) in [7, 11) is 0. The molecule has 1 rings (SSSR count). The van der Waals surface area contributed by atoms with Crippen LogP contribution >= 0.6 is 0 Å². The molecule has 0 radical (unpaired) electrons. The molecule has 0 aliphatic carbocycles. The molecule has 1 atom stereocenters. The highest BCUT2D eigenvalue weighted by Crippen LogP contribution is 2.12. The van der Waals surface area contributed by atoms with Gasteiger partial charge in [-0.3, -0.25) is 4.79 Å². The fourth-order valence-electron chi connectivity index (χ4n) is 3.73. The summed E-state index contributed by atoms with van der Waals surface area (Å²) in [5.74, 6) is 0.230. The number of allylic oxidation sites excluding steroid dienone is 2. The number of hydrogen-bond donors (Lipinski definition) is 3. The van der Waals surface area contributed by atoms with Gasteiger partial charge in [0.15, 0.2) is 0 Å². The molecule has 0 saturated heterocycles. The van der Waals surface area contributed by atoms with E-state index in [2.05, 4.69) is 24.4 Å². The van der Waals surface area contributed by atoms with E-state index in [4.69, 9.17) is 0 Å². The molecule has 1 amide bonds. The van der Waals surface area contributed by atoms with Gasteiger partial charge >= 0.3 is 0 Å². The van der Waals surface area contributed by atoms with Crippen LogP contribution in [-0.4, -0.2) is 28.8 Å². The summed E-state index contributed by atoms with van der Waals surface area (Å²) in [5, 5.41) is 21.8. The van der Waals surface area contributed by atoms with Crippen LogP contribution in [-0.2, 0) is 11.2 Å². The first-order chi connectivity index (χ1) is 15.2. The Balaban J connectivity index is 1.96. The minimum Gasteiger partial charge on any atom is -0.508 e. The van der Waals surface area contributed by atoms with E-state index >= 15 is 0 Å². The maximum absolute atomic E-state index is 12.1. The van der Waals surface area contributed by atoms with Gasteiger partial charge in [0.1, 0.15) is 5.75 Å². The summed E-state index contributed by atoms with van der Waals surface area (Å²) in [5.41, 5.74) is 0.984. The Kier molecular flexibility index (Phi) is 16.6. The van der Waals surface area contributed by atoms with Crippen molar-refractivity contribution in [1.29, 1.82) is 0 Å². The lowest BCUT2D eigenvalue weighted by Crippen LogP contribution is -2.38. The van der Waals surface area contributed by atoms with Crippen LogP contribution < -0.4 is 5.32 Å². The normalized spacial score (nSPS) is 12.3. The van der Waals surface area contributed by atoms with Gasteiger partial charge in [0.25, 0.3) is 0 Å². The Morgan fingerprint density at radius 3 is 2.00 bits per heavy atom. The molecular formula is C27H45NO3. The summed E-state index contributed by atoms with van der Waals surface area (Å²) < 4.78 is 0. The van der Waals surface area contributed by atoms with Crippen LogP contribution in [0.5, 0.6) is 5.75 Å². The van der Waals surface area contributed by atoms with Gasteiger partial charge in [-0.15, -0.1) is 0 Å². The maximum Gasteiger partial charge on any atom is 0.220 e. The molecule has 0 aliphatic rings. The van der Waals surface area contributed by atoms with Gasteiger partial charge in [-0.05, 0) is 56.2 Å². The number of phenols is 1. The maximum atomic E-state index is 12.1. The number of rotatable bonds is 19. The number of carbonyl (C=O) groups excluding carboxylic acids is 1. The number of aliphatic hydroxyl groups excluding tert-OH is 1. The van der Waals surface area contributed by atoms with Gasteiger partial charge in [-0.2, -0.15) is 0 Å². The molecule has 31 heavy (non-hydrogen) atoms. The van der Waals surface area contributed by atoms with Crippen molar-refractivity contribution in [1.82, 2.24) is 5.32 Å². The molecule has 176 valence electrons. The molecular weight excluding hydrogens is 386 g/mol. The number of hydrogen-bond acceptors (Lipinski definition) is 3. The first kappa shape index (κ1) is 27.2. The van der Waals surface area contributed by atoms with Crippen molar-refractivity contribution in [2.75, 3.05) is 6.61 Å². The zero-order chi connectivity index (χ0) is 22.6. The monoisotopic (exact) mass is 431 g/mol. The Hall–Kier alpha value is -1.81. The molecule has 1 aromatic carbocycles. The quantitative estimate of drug-likeness (QED) is 0.174. The van der Waals surface area contributed by atoms with Crippen molar-refractivity contribution in [3.05, 3.63) is 42.0 Å². The number of carbonyl (C=O) groups is 1. The largest absolute Gasteiger partial charge is 0.508 e. The third-order valence-corrected chi connectivity index (χ3v) is 5.67. The Labute approximate surface area is 190 Å². The second kappa shape index (κ2) is 18.9. The molecule has 0 bridgehead atoms. The van der Waals surface area contributed by atoms with E-state index in [1.54, 1.807) is 12.1 Å². The number of benzene rings is 1. The minimum atomic E-state index is -0.278. The molecule has 0 heterocycles. The second-order valence-corrected chi connectivity index (χ2v) is 8.65. The van der Waals surface area contributed by atoms with Gasteiger partial charge in [0, 0.05) is 6.42 Å². The van der Waals surface area contributed by atoms with E-state index in [1.165, 1.54) is 70.6 Å². The van der Waals surface area contributed by atoms with E-state index in [0.29, 0.717) is 12.8 Å². The summed E-state index contributed by atoms with van der Waals surface area (Å²) in [6, 6.07) is 6.59. The number of phenolic OH excluding ortho intramolecular Hbond substituents is 1. The van der Waals surface area contributed by atoms with Gasteiger partial charge in [0.2, 0.25) is 5.91 Å². The van der Waals surface area contributed by atoms with Crippen molar-refractivity contribution in [2.24, 2.45) is 0 Å². The van der Waals surface area contributed by atoms with Crippen molar-refractivity contribution >= 4 is 5.91 Å². The van der Waals surface area contributed by atoms with Crippen molar-refractivity contribution in [3.8, 4) is 5.75 Å². The van der Waals surface area contributed by atoms with Gasteiger partial charge in [0.05, 0.1) is 12.6 Å². The van der Waals surface area contributed by atoms with Crippen LogP contribution in [0, 0.1) is 0 Å². The molecule has 0 aromatic heterocycles. The van der Waals surface area contributed by atoms with Crippen LogP contribution in [0.1, 0.15) is 102 Å². The standard InChI is InChI=1S/C27H45NO3/c1-2-3-4-5-6-7-8-9-10-11-12-13-14-15-16-17-27(31)28-25(23-29)22-24-18-20-26(30)21-19-24/h9-10,18-21,25,29-30H,2-8,11-17,22-23H2,1H3,(H,28,31)/b10-9+/t25-/m0/s1. The lowest BCUT2D eigenvalue weighted by molar-refractivity contribution is -0.122. The minimum absolute atomic E-state index is 0.00968. The second-order valence-electron chi connectivity index (χ2n) is 8.65. The summed E-state index contributed by atoms with van der Waals surface area (Å²) in [6.07, 6.45) is 22.0. The summed E-state index contributed by atoms with van der Waals surface area (Å²) >= 11 is 0. The molecule has 3 N–H and O–H groups in total. The number of aliphatic hydroxyl groups is 1. The molecule has 0 fully saturated rings. The van der Waals surface area contributed by atoms with Crippen molar-refractivity contribution in [3.63, 3.8) is 0 Å². The lowest BCUT2D eigenvalue weighted by Gasteiger charge is -2.16. The SMILES string of the molecule is CCCCCCCC/C=C/CCCCCCCC(=O)N[C@H](CO)Cc1ccc(O)cc1. The Morgan fingerprint density at radius 1 is 0.871 bits per heavy atom. The Bertz CT molecular complexity index is 583. The molecule has 0 unspecified atom stereocenters. The molecule has 0 spiro atoms. The molecule has 1 aromatic rings. The molecule has 4 heteroatoms. The van der Waals surface area contributed by atoms with Crippen LogP contribution in [0.3, 0.4) is 0 Å². The van der Waals surface area contributed by atoms with Gasteiger partial charge in [-0.1, -0.05) is 82.6 Å². The average molecular weight is 432 g/mol. The molecule has 4 nitrogen and oxygen atoms in total. The zero-order valence-corrected chi connectivity index (χ0v) is 19.7. The smallest absolute Gasteiger partial charge is 0.220 e. The lowest BCUT2D eigenvalue weighted by atomic mass is 10.1. The van der Waals surface area contributed by atoms with Crippen LogP contribution in [0.15, 0.2) is 36.4 Å². The summed E-state index contributed by atoms with van der Waals surface area (Å²) in [4.78, 5) is 12.1. The zero-order valence-electron chi connectivity index (χ0n) is 19.7. The van der Waals surface area contributed by atoms with Crippen LogP contribution in [0.25, 0.3) is 0 Å². The van der Waals surface area contributed by atoms with Crippen LogP contribution in [0.2, 0.25) is 0 Å². The number of nitrogens with one attached hydrogen (secondary N) is 1. The fourth-order valence-corrected chi connectivity index (χ4v) is 3.73. The average Bonchev–Trinajstić information content (AvgIpc) is 2.77. The van der Waals surface area contributed by atoms with Crippen molar-refractivity contribution in [2.45, 2.75) is 109 Å². The number of unbranched alkanes of at least 4 members (excludes halogenated alkanes) is 11. The molecule has 0 aliphatic heterocycles. The van der Waals surface area contributed by atoms with Gasteiger partial charge < -0.3 is 15.5 Å². The fraction of sp³-hybridized carbons (Fsp3) is 0.667. The third-order valence-electron chi connectivity index (χ3n) is 5.67. The molecule has 0 saturated carbocycles. The van der Waals surface area contributed by atoms with E-state index < -0.39 is 0 Å². The highest BCUT2D eigenvalue weighted by molar-refractivity contribution is 5.76. The van der Waals surface area contributed by atoms with Crippen molar-refractivity contribution < 1.29 is 15.0 Å². The predicted molar refractivity (Wildman–Crippen MR) is 130 cm³/mol. The first-order valence-corrected chi connectivity index (χ1v) is 12.5. The first-order valence-electron chi connectivity index (χ1n) is 12.5. The third kappa shape index (κ3) is 15.6.